The van der Waals surface area contributed by atoms with Crippen LogP contribution in [0.15, 0.2) is 0 Å². The highest BCUT2D eigenvalue weighted by atomic mass is 16.4. The molecule has 76 valence electrons. The molecular formula is C7H15N3O3. The molecule has 0 aliphatic carbocycles. The topological polar surface area (TPSA) is 72.9 Å². The van der Waals surface area contributed by atoms with E-state index < -0.39 is 18.0 Å². The van der Waals surface area contributed by atoms with Gasteiger partial charge in [0.15, 0.2) is 0 Å². The van der Waals surface area contributed by atoms with E-state index in [-0.39, 0.29) is 0 Å². The van der Waals surface area contributed by atoms with E-state index in [4.69, 9.17) is 5.11 Å². The number of urea groups is 1. The number of carboxylic acids is 1. The number of hydrogen-bond donors (Lipinski definition) is 2. The van der Waals surface area contributed by atoms with Crippen molar-refractivity contribution >= 4 is 12.0 Å². The number of carbonyl (C=O) groups is 2. The number of nitrogens with zero attached hydrogens (tertiary/aromatic N) is 2. The molecule has 0 bridgehead atoms. The van der Waals surface area contributed by atoms with Gasteiger partial charge in [0.05, 0.1) is 0 Å². The molecule has 0 spiro atoms. The Labute approximate surface area is 77.1 Å². The standard InChI is InChI=1S/C7H15N3O3/c1-5(6(11)12)10(4)7(13)8-9(2)3/h5H,1-4H3,(H,8,13)(H,11,12). The van der Waals surface area contributed by atoms with Crippen LogP contribution >= 0.6 is 0 Å². The van der Waals surface area contributed by atoms with Crippen LogP contribution in [-0.2, 0) is 4.79 Å². The number of carboxylic acid groups (broad SMARTS) is 1. The maximum Gasteiger partial charge on any atom is 0.332 e. The average molecular weight is 189 g/mol. The lowest BCUT2D eigenvalue weighted by Gasteiger charge is -2.23. The fraction of sp³-hybridized carbons (Fsp3) is 0.714. The van der Waals surface area contributed by atoms with Crippen LogP contribution in [0.1, 0.15) is 6.92 Å². The zero-order valence-corrected chi connectivity index (χ0v) is 8.24. The molecule has 0 aliphatic rings. The van der Waals surface area contributed by atoms with Gasteiger partial charge in [-0.1, -0.05) is 0 Å². The molecule has 0 heterocycles. The van der Waals surface area contributed by atoms with E-state index in [9.17, 15) is 9.59 Å². The van der Waals surface area contributed by atoms with Crippen molar-refractivity contribution in [2.45, 2.75) is 13.0 Å². The van der Waals surface area contributed by atoms with E-state index in [1.54, 1.807) is 14.1 Å². The van der Waals surface area contributed by atoms with Crippen LogP contribution in [0, 0.1) is 0 Å². The van der Waals surface area contributed by atoms with Crippen molar-refractivity contribution in [1.82, 2.24) is 15.3 Å². The number of hydrazine groups is 1. The number of likely N-dealkylation sites (N-methyl/N-ethyl adjacent to an activating group) is 1. The van der Waals surface area contributed by atoms with Crippen molar-refractivity contribution < 1.29 is 14.7 Å². The molecule has 0 aromatic carbocycles. The number of hydrogen-bond acceptors (Lipinski definition) is 3. The zero-order valence-electron chi connectivity index (χ0n) is 8.24. The lowest BCUT2D eigenvalue weighted by molar-refractivity contribution is -0.141. The van der Waals surface area contributed by atoms with Gasteiger partial charge in [-0.2, -0.15) is 0 Å². The number of nitrogens with one attached hydrogen (secondary N) is 1. The van der Waals surface area contributed by atoms with Crippen molar-refractivity contribution in [2.24, 2.45) is 0 Å². The number of aliphatic carboxylic acids is 1. The van der Waals surface area contributed by atoms with Gasteiger partial charge in [-0.3, -0.25) is 5.43 Å². The second-order valence-electron chi connectivity index (χ2n) is 2.94. The normalized spacial score (nSPS) is 12.4. The summed E-state index contributed by atoms with van der Waals surface area (Å²) in [6, 6.07) is -1.28. The Hall–Kier alpha value is -1.30. The van der Waals surface area contributed by atoms with Crippen LogP contribution in [0.25, 0.3) is 0 Å². The van der Waals surface area contributed by atoms with E-state index in [2.05, 4.69) is 5.43 Å². The highest BCUT2D eigenvalue weighted by molar-refractivity contribution is 5.81. The molecule has 0 saturated carbocycles. The summed E-state index contributed by atoms with van der Waals surface area (Å²) in [7, 11) is 4.73. The molecule has 0 fully saturated rings. The zero-order chi connectivity index (χ0) is 10.6. The lowest BCUT2D eigenvalue weighted by atomic mass is 10.3. The van der Waals surface area contributed by atoms with Crippen molar-refractivity contribution in [3.05, 3.63) is 0 Å². The predicted octanol–water partition coefficient (Wildman–Crippen LogP) is -0.422. The Bertz CT molecular complexity index is 205. The summed E-state index contributed by atoms with van der Waals surface area (Å²) in [5.41, 5.74) is 2.44. The van der Waals surface area contributed by atoms with E-state index in [0.717, 1.165) is 4.90 Å². The minimum absolute atomic E-state index is 0.445. The highest BCUT2D eigenvalue weighted by Crippen LogP contribution is 1.95. The van der Waals surface area contributed by atoms with Gasteiger partial charge in [0.25, 0.3) is 0 Å². The molecule has 0 aromatic rings. The van der Waals surface area contributed by atoms with Crippen LogP contribution in [0.3, 0.4) is 0 Å². The SMILES string of the molecule is CC(C(=O)O)N(C)C(=O)NN(C)C. The molecule has 0 radical (unpaired) electrons. The van der Waals surface area contributed by atoms with Gasteiger partial charge >= 0.3 is 12.0 Å². The monoisotopic (exact) mass is 189 g/mol. The van der Waals surface area contributed by atoms with Gasteiger partial charge in [0.1, 0.15) is 6.04 Å². The average Bonchev–Trinajstić information content (AvgIpc) is 2.00. The number of amides is 2. The van der Waals surface area contributed by atoms with Gasteiger partial charge in [-0.05, 0) is 6.92 Å². The molecule has 13 heavy (non-hydrogen) atoms. The van der Waals surface area contributed by atoms with E-state index in [1.165, 1.54) is 19.0 Å². The second kappa shape index (κ2) is 4.66. The summed E-state index contributed by atoms with van der Waals surface area (Å²) in [6.07, 6.45) is 0. The molecule has 0 saturated heterocycles. The van der Waals surface area contributed by atoms with E-state index in [0.29, 0.717) is 0 Å². The third kappa shape index (κ3) is 3.75. The summed E-state index contributed by atoms with van der Waals surface area (Å²) in [4.78, 5) is 22.8. The molecule has 0 aliphatic heterocycles. The smallest absolute Gasteiger partial charge is 0.332 e. The second-order valence-corrected chi connectivity index (χ2v) is 2.94. The van der Waals surface area contributed by atoms with Gasteiger partial charge in [-0.25, -0.2) is 14.6 Å². The molecular weight excluding hydrogens is 174 g/mol. The van der Waals surface area contributed by atoms with Gasteiger partial charge < -0.3 is 10.0 Å². The first kappa shape index (κ1) is 11.7. The van der Waals surface area contributed by atoms with Crippen molar-refractivity contribution in [1.29, 1.82) is 0 Å². The Kier molecular flexibility index (Phi) is 4.19. The van der Waals surface area contributed by atoms with Crippen LogP contribution < -0.4 is 5.43 Å². The summed E-state index contributed by atoms with van der Waals surface area (Å²) < 4.78 is 0. The van der Waals surface area contributed by atoms with Crippen molar-refractivity contribution in [3.8, 4) is 0 Å². The third-order valence-electron chi connectivity index (χ3n) is 1.58. The highest BCUT2D eigenvalue weighted by Gasteiger charge is 2.21. The lowest BCUT2D eigenvalue weighted by Crippen LogP contribution is -2.49. The molecule has 0 aromatic heterocycles. The Morgan fingerprint density at radius 2 is 1.77 bits per heavy atom. The maximum absolute atomic E-state index is 11.2. The summed E-state index contributed by atoms with van der Waals surface area (Å²) in [5, 5.41) is 10.1. The van der Waals surface area contributed by atoms with Gasteiger partial charge in [0.2, 0.25) is 0 Å². The summed E-state index contributed by atoms with van der Waals surface area (Å²) in [6.45, 7) is 1.44. The quantitative estimate of drug-likeness (QED) is 0.591. The summed E-state index contributed by atoms with van der Waals surface area (Å²) >= 11 is 0. The van der Waals surface area contributed by atoms with E-state index >= 15 is 0 Å². The Morgan fingerprint density at radius 1 is 1.31 bits per heavy atom. The molecule has 1 atom stereocenters. The minimum Gasteiger partial charge on any atom is -0.480 e. The maximum atomic E-state index is 11.2. The number of carbonyl (C=O) groups excluding carboxylic acids is 1. The van der Waals surface area contributed by atoms with Crippen LogP contribution in [0.5, 0.6) is 0 Å². The Morgan fingerprint density at radius 3 is 2.08 bits per heavy atom. The molecule has 2 amide bonds. The predicted molar refractivity (Wildman–Crippen MR) is 47.1 cm³/mol. The Balaban J connectivity index is 4.17. The van der Waals surface area contributed by atoms with Gasteiger partial charge in [-0.15, -0.1) is 0 Å². The third-order valence-corrected chi connectivity index (χ3v) is 1.58. The number of rotatable bonds is 3. The van der Waals surface area contributed by atoms with Gasteiger partial charge in [0, 0.05) is 21.1 Å². The molecule has 1 unspecified atom stereocenters. The van der Waals surface area contributed by atoms with E-state index in [1.807, 2.05) is 0 Å². The fourth-order valence-corrected chi connectivity index (χ4v) is 0.612. The van der Waals surface area contributed by atoms with Crippen molar-refractivity contribution in [3.63, 3.8) is 0 Å². The molecule has 6 nitrogen and oxygen atoms in total. The fourth-order valence-electron chi connectivity index (χ4n) is 0.612. The summed E-state index contributed by atoms with van der Waals surface area (Å²) in [5.74, 6) is -1.03. The van der Waals surface area contributed by atoms with Crippen LogP contribution in [-0.4, -0.2) is 54.2 Å². The minimum atomic E-state index is -1.03. The first-order valence-corrected chi connectivity index (χ1v) is 3.79. The van der Waals surface area contributed by atoms with Crippen LogP contribution in [0.4, 0.5) is 4.79 Å². The van der Waals surface area contributed by atoms with Crippen molar-refractivity contribution in [2.75, 3.05) is 21.1 Å². The first-order valence-electron chi connectivity index (χ1n) is 3.79. The van der Waals surface area contributed by atoms with Crippen LogP contribution in [0.2, 0.25) is 0 Å². The molecule has 6 heteroatoms. The largest absolute Gasteiger partial charge is 0.480 e. The molecule has 0 rings (SSSR count). The molecule has 2 N–H and O–H groups in total. The first-order chi connectivity index (χ1) is 5.86.